The quantitative estimate of drug-likeness (QED) is 0.707. The molecule has 2 aromatic carbocycles. The van der Waals surface area contributed by atoms with Crippen molar-refractivity contribution in [1.29, 1.82) is 0 Å². The molecular weight excluding hydrogens is 302 g/mol. The fourth-order valence-corrected chi connectivity index (χ4v) is 2.87. The molecule has 0 N–H and O–H groups in total. The van der Waals surface area contributed by atoms with Gasteiger partial charge in [-0.3, -0.25) is 4.98 Å². The second-order valence-electron chi connectivity index (χ2n) is 5.66. The third-order valence-electron chi connectivity index (χ3n) is 4.07. The predicted octanol–water partition coefficient (Wildman–Crippen LogP) is 4.16. The number of aromatic nitrogens is 1. The van der Waals surface area contributed by atoms with Crippen LogP contribution in [0, 0.1) is 6.92 Å². The maximum Gasteiger partial charge on any atom is 0.161 e. The van der Waals surface area contributed by atoms with E-state index in [-0.39, 0.29) is 0 Å². The van der Waals surface area contributed by atoms with Crippen molar-refractivity contribution >= 4 is 10.8 Å². The maximum absolute atomic E-state index is 5.44. The lowest BCUT2D eigenvalue weighted by atomic mass is 10.0. The van der Waals surface area contributed by atoms with E-state index in [0.29, 0.717) is 5.75 Å². The molecule has 3 rings (SSSR count). The van der Waals surface area contributed by atoms with Crippen LogP contribution >= 0.6 is 0 Å². The molecule has 0 radical (unpaired) electrons. The van der Waals surface area contributed by atoms with Crippen molar-refractivity contribution in [3.8, 4) is 17.2 Å². The summed E-state index contributed by atoms with van der Waals surface area (Å²) >= 11 is 0. The van der Waals surface area contributed by atoms with E-state index >= 15 is 0 Å². The summed E-state index contributed by atoms with van der Waals surface area (Å²) < 4.78 is 16.1. The van der Waals surface area contributed by atoms with Gasteiger partial charge in [0.1, 0.15) is 5.75 Å². The van der Waals surface area contributed by atoms with Crippen molar-refractivity contribution in [2.75, 3.05) is 21.3 Å². The Labute approximate surface area is 142 Å². The highest BCUT2D eigenvalue weighted by molar-refractivity contribution is 5.88. The zero-order valence-electron chi connectivity index (χ0n) is 14.4. The van der Waals surface area contributed by atoms with Gasteiger partial charge >= 0.3 is 0 Å². The first-order valence-electron chi connectivity index (χ1n) is 7.79. The van der Waals surface area contributed by atoms with Crippen LogP contribution in [0.15, 0.2) is 42.5 Å². The molecule has 1 heterocycles. The monoisotopic (exact) mass is 323 g/mol. The van der Waals surface area contributed by atoms with Gasteiger partial charge in [0.25, 0.3) is 0 Å². The Kier molecular flexibility index (Phi) is 4.56. The van der Waals surface area contributed by atoms with E-state index in [2.05, 4.69) is 18.2 Å². The van der Waals surface area contributed by atoms with Gasteiger partial charge in [0.15, 0.2) is 11.5 Å². The number of benzene rings is 2. The second kappa shape index (κ2) is 6.79. The first kappa shape index (κ1) is 16.1. The molecule has 0 fully saturated rings. The van der Waals surface area contributed by atoms with Crippen molar-refractivity contribution in [2.24, 2.45) is 0 Å². The Morgan fingerprint density at radius 3 is 2.12 bits per heavy atom. The zero-order chi connectivity index (χ0) is 17.1. The highest BCUT2D eigenvalue weighted by Crippen LogP contribution is 2.34. The van der Waals surface area contributed by atoms with Crippen molar-refractivity contribution in [3.05, 3.63) is 59.4 Å². The van der Waals surface area contributed by atoms with E-state index in [1.54, 1.807) is 21.3 Å². The lowest BCUT2D eigenvalue weighted by Crippen LogP contribution is -1.98. The van der Waals surface area contributed by atoms with Crippen LogP contribution in [0.5, 0.6) is 17.2 Å². The van der Waals surface area contributed by atoms with Gasteiger partial charge < -0.3 is 14.2 Å². The summed E-state index contributed by atoms with van der Waals surface area (Å²) in [4.78, 5) is 4.74. The fraction of sp³-hybridized carbons (Fsp3) is 0.250. The summed E-state index contributed by atoms with van der Waals surface area (Å²) in [6.07, 6.45) is 0.748. The van der Waals surface area contributed by atoms with Gasteiger partial charge in [-0.15, -0.1) is 0 Å². The molecule has 124 valence electrons. The standard InChI is InChI=1S/C20H21NO3/c1-13-9-15-11-19(23-3)20(24-4)12-17(15)18(21-13)10-14-5-7-16(22-2)8-6-14/h5-9,11-12H,10H2,1-4H3. The minimum atomic E-state index is 0.714. The number of ether oxygens (including phenoxy) is 3. The number of hydrogen-bond donors (Lipinski definition) is 0. The van der Waals surface area contributed by atoms with Gasteiger partial charge in [-0.1, -0.05) is 12.1 Å². The van der Waals surface area contributed by atoms with Gasteiger partial charge in [0.05, 0.1) is 27.0 Å². The van der Waals surface area contributed by atoms with Crippen LogP contribution in [-0.2, 0) is 6.42 Å². The van der Waals surface area contributed by atoms with E-state index in [1.807, 2.05) is 31.2 Å². The average molecular weight is 323 g/mol. The zero-order valence-corrected chi connectivity index (χ0v) is 14.4. The number of methoxy groups -OCH3 is 3. The smallest absolute Gasteiger partial charge is 0.161 e. The molecule has 24 heavy (non-hydrogen) atoms. The highest BCUT2D eigenvalue weighted by atomic mass is 16.5. The Balaban J connectivity index is 2.08. The summed E-state index contributed by atoms with van der Waals surface area (Å²) in [6.45, 7) is 2.01. The molecule has 0 aliphatic carbocycles. The fourth-order valence-electron chi connectivity index (χ4n) is 2.87. The first-order valence-corrected chi connectivity index (χ1v) is 7.79. The molecule has 0 bridgehead atoms. The molecule has 0 spiro atoms. The number of pyridine rings is 1. The van der Waals surface area contributed by atoms with Crippen molar-refractivity contribution in [2.45, 2.75) is 13.3 Å². The summed E-state index contributed by atoms with van der Waals surface area (Å²) in [6, 6.07) is 14.1. The summed E-state index contributed by atoms with van der Waals surface area (Å²) in [5, 5.41) is 2.18. The van der Waals surface area contributed by atoms with E-state index in [9.17, 15) is 0 Å². The number of aryl methyl sites for hydroxylation is 1. The third kappa shape index (κ3) is 3.13. The minimum absolute atomic E-state index is 0.714. The van der Waals surface area contributed by atoms with Crippen LogP contribution < -0.4 is 14.2 Å². The molecule has 0 amide bonds. The number of fused-ring (bicyclic) bond motifs is 1. The van der Waals surface area contributed by atoms with Crippen LogP contribution in [0.3, 0.4) is 0 Å². The molecule has 0 unspecified atom stereocenters. The summed E-state index contributed by atoms with van der Waals surface area (Å²) in [5.41, 5.74) is 3.19. The molecule has 1 aromatic heterocycles. The van der Waals surface area contributed by atoms with Gasteiger partial charge in [0.2, 0.25) is 0 Å². The number of rotatable bonds is 5. The molecule has 0 saturated heterocycles. The Morgan fingerprint density at radius 2 is 1.50 bits per heavy atom. The van der Waals surface area contributed by atoms with E-state index < -0.39 is 0 Å². The Hall–Kier alpha value is -2.75. The summed E-state index contributed by atoms with van der Waals surface area (Å²) in [5.74, 6) is 2.30. The Morgan fingerprint density at radius 1 is 0.833 bits per heavy atom. The average Bonchev–Trinajstić information content (AvgIpc) is 2.61. The highest BCUT2D eigenvalue weighted by Gasteiger charge is 2.11. The van der Waals surface area contributed by atoms with E-state index in [4.69, 9.17) is 19.2 Å². The molecule has 3 aromatic rings. The van der Waals surface area contributed by atoms with Gasteiger partial charge in [-0.2, -0.15) is 0 Å². The third-order valence-corrected chi connectivity index (χ3v) is 4.07. The normalized spacial score (nSPS) is 10.7. The van der Waals surface area contributed by atoms with Crippen LogP contribution in [0.2, 0.25) is 0 Å². The van der Waals surface area contributed by atoms with Crippen molar-refractivity contribution in [1.82, 2.24) is 4.98 Å². The minimum Gasteiger partial charge on any atom is -0.497 e. The lowest BCUT2D eigenvalue weighted by molar-refractivity contribution is 0.356. The molecule has 0 aliphatic heterocycles. The van der Waals surface area contributed by atoms with Gasteiger partial charge in [-0.25, -0.2) is 0 Å². The maximum atomic E-state index is 5.44. The molecule has 4 heteroatoms. The molecule has 0 atom stereocenters. The van der Waals surface area contributed by atoms with Gasteiger partial charge in [0, 0.05) is 17.5 Å². The topological polar surface area (TPSA) is 40.6 Å². The number of hydrogen-bond acceptors (Lipinski definition) is 4. The number of nitrogens with zero attached hydrogens (tertiary/aromatic N) is 1. The largest absolute Gasteiger partial charge is 0.497 e. The molecule has 4 nitrogen and oxygen atoms in total. The van der Waals surface area contributed by atoms with Crippen molar-refractivity contribution < 1.29 is 14.2 Å². The van der Waals surface area contributed by atoms with Gasteiger partial charge in [-0.05, 0) is 48.2 Å². The Bertz CT molecular complexity index is 857. The van der Waals surface area contributed by atoms with E-state index in [1.165, 1.54) is 5.56 Å². The summed E-state index contributed by atoms with van der Waals surface area (Å²) in [7, 11) is 4.97. The lowest BCUT2D eigenvalue weighted by Gasteiger charge is -2.13. The predicted molar refractivity (Wildman–Crippen MR) is 95.4 cm³/mol. The van der Waals surface area contributed by atoms with Crippen LogP contribution in [0.25, 0.3) is 10.8 Å². The molecule has 0 aliphatic rings. The SMILES string of the molecule is COc1ccc(Cc2nc(C)cc3cc(OC)c(OC)cc23)cc1. The van der Waals surface area contributed by atoms with Crippen molar-refractivity contribution in [3.63, 3.8) is 0 Å². The first-order chi connectivity index (χ1) is 11.6. The molecular formula is C20H21NO3. The van der Waals surface area contributed by atoms with Crippen LogP contribution in [-0.4, -0.2) is 26.3 Å². The van der Waals surface area contributed by atoms with Crippen LogP contribution in [0.1, 0.15) is 17.0 Å². The van der Waals surface area contributed by atoms with E-state index in [0.717, 1.165) is 40.1 Å². The molecule has 0 saturated carbocycles. The van der Waals surface area contributed by atoms with Crippen LogP contribution in [0.4, 0.5) is 0 Å². The second-order valence-corrected chi connectivity index (χ2v) is 5.66.